The topological polar surface area (TPSA) is 74.7 Å². The number of H-pyrrole nitrogens is 1. The fraction of sp³-hybridized carbons (Fsp3) is 0.286. The normalized spacial score (nSPS) is 11.8. The van der Waals surface area contributed by atoms with Crippen LogP contribution in [0.25, 0.3) is 10.9 Å². The second-order valence-electron chi connectivity index (χ2n) is 4.25. The lowest BCUT2D eigenvalue weighted by atomic mass is 10.1. The monoisotopic (exact) mass is 260 g/mol. The van der Waals surface area contributed by atoms with Crippen molar-refractivity contribution in [3.8, 4) is 5.75 Å². The molecule has 19 heavy (non-hydrogen) atoms. The molecular formula is C14H16N2O3. The van der Waals surface area contributed by atoms with Crippen LogP contribution in [-0.2, 0) is 11.2 Å². The molecule has 0 spiro atoms. The van der Waals surface area contributed by atoms with Crippen molar-refractivity contribution in [1.82, 2.24) is 4.98 Å². The van der Waals surface area contributed by atoms with E-state index in [1.165, 1.54) is 6.92 Å². The molecule has 0 unspecified atom stereocenters. The van der Waals surface area contributed by atoms with Crippen LogP contribution in [-0.4, -0.2) is 35.4 Å². The van der Waals surface area contributed by atoms with E-state index in [0.29, 0.717) is 13.0 Å². The number of aromatic nitrogens is 1. The lowest BCUT2D eigenvalue weighted by molar-refractivity contribution is -0.129. The van der Waals surface area contributed by atoms with Gasteiger partial charge in [-0.15, -0.1) is 0 Å². The van der Waals surface area contributed by atoms with Gasteiger partial charge in [-0.05, 0) is 37.1 Å². The molecule has 100 valence electrons. The Kier molecular flexibility index (Phi) is 3.85. The maximum Gasteiger partial charge on any atom is 0.349 e. The minimum Gasteiger partial charge on any atom is -0.497 e. The van der Waals surface area contributed by atoms with E-state index in [4.69, 9.17) is 9.84 Å². The van der Waals surface area contributed by atoms with Gasteiger partial charge in [-0.3, -0.25) is 4.99 Å². The molecule has 0 aliphatic rings. The van der Waals surface area contributed by atoms with E-state index < -0.39 is 5.97 Å². The number of rotatable bonds is 5. The number of aliphatic imine (C=N–C) groups is 1. The van der Waals surface area contributed by atoms with Gasteiger partial charge < -0.3 is 14.8 Å². The summed E-state index contributed by atoms with van der Waals surface area (Å²) in [5.74, 6) is -0.167. The van der Waals surface area contributed by atoms with E-state index in [1.54, 1.807) is 7.11 Å². The number of ether oxygens (including phenoxy) is 1. The lowest BCUT2D eigenvalue weighted by Gasteiger charge is -2.01. The molecule has 0 fully saturated rings. The molecule has 0 aliphatic heterocycles. The first kappa shape index (κ1) is 13.1. The first-order valence-corrected chi connectivity index (χ1v) is 6.00. The van der Waals surface area contributed by atoms with Gasteiger partial charge in [0.05, 0.1) is 7.11 Å². The fourth-order valence-corrected chi connectivity index (χ4v) is 1.90. The van der Waals surface area contributed by atoms with E-state index in [1.807, 2.05) is 24.4 Å². The Morgan fingerprint density at radius 3 is 2.95 bits per heavy atom. The average molecular weight is 260 g/mol. The maximum atomic E-state index is 10.6. The molecule has 0 radical (unpaired) electrons. The highest BCUT2D eigenvalue weighted by molar-refractivity contribution is 6.34. The molecule has 0 atom stereocenters. The van der Waals surface area contributed by atoms with E-state index in [2.05, 4.69) is 9.98 Å². The number of methoxy groups -OCH3 is 1. The van der Waals surface area contributed by atoms with Crippen molar-refractivity contribution in [2.45, 2.75) is 13.3 Å². The zero-order valence-corrected chi connectivity index (χ0v) is 10.9. The second-order valence-corrected chi connectivity index (χ2v) is 4.25. The Morgan fingerprint density at radius 2 is 2.26 bits per heavy atom. The third-order valence-electron chi connectivity index (χ3n) is 3.01. The molecule has 0 amide bonds. The zero-order chi connectivity index (χ0) is 13.8. The highest BCUT2D eigenvalue weighted by atomic mass is 16.5. The van der Waals surface area contributed by atoms with Crippen LogP contribution in [0.3, 0.4) is 0 Å². The second kappa shape index (κ2) is 5.56. The van der Waals surface area contributed by atoms with Crippen LogP contribution >= 0.6 is 0 Å². The van der Waals surface area contributed by atoms with Crippen LogP contribution < -0.4 is 4.74 Å². The molecule has 2 rings (SSSR count). The van der Waals surface area contributed by atoms with E-state index in [9.17, 15) is 4.79 Å². The Balaban J connectivity index is 2.17. The van der Waals surface area contributed by atoms with Gasteiger partial charge in [-0.25, -0.2) is 4.79 Å². The maximum absolute atomic E-state index is 10.6. The lowest BCUT2D eigenvalue weighted by Crippen LogP contribution is -2.09. The first-order valence-electron chi connectivity index (χ1n) is 6.00. The highest BCUT2D eigenvalue weighted by Crippen LogP contribution is 2.23. The highest BCUT2D eigenvalue weighted by Gasteiger charge is 2.05. The van der Waals surface area contributed by atoms with Crippen molar-refractivity contribution in [1.29, 1.82) is 0 Å². The number of carboxylic acid groups (broad SMARTS) is 1. The van der Waals surface area contributed by atoms with Gasteiger partial charge in [0.2, 0.25) is 0 Å². The molecule has 5 nitrogen and oxygen atoms in total. The molecular weight excluding hydrogens is 244 g/mol. The first-order chi connectivity index (χ1) is 9.11. The van der Waals surface area contributed by atoms with Gasteiger partial charge in [0.25, 0.3) is 0 Å². The van der Waals surface area contributed by atoms with Gasteiger partial charge in [-0.1, -0.05) is 0 Å². The van der Waals surface area contributed by atoms with Gasteiger partial charge in [-0.2, -0.15) is 0 Å². The van der Waals surface area contributed by atoms with Crippen LogP contribution in [0.4, 0.5) is 0 Å². The third kappa shape index (κ3) is 2.93. The molecule has 1 aromatic heterocycles. The summed E-state index contributed by atoms with van der Waals surface area (Å²) in [6.07, 6.45) is 2.62. The van der Waals surface area contributed by atoms with E-state index in [0.717, 1.165) is 22.2 Å². The van der Waals surface area contributed by atoms with Crippen LogP contribution in [0.1, 0.15) is 12.5 Å². The fourth-order valence-electron chi connectivity index (χ4n) is 1.90. The number of nitrogens with one attached hydrogen (secondary N) is 1. The third-order valence-corrected chi connectivity index (χ3v) is 3.01. The number of nitrogens with zero attached hydrogens (tertiary/aromatic N) is 1. The summed E-state index contributed by atoms with van der Waals surface area (Å²) < 4.78 is 5.20. The standard InChI is InChI=1S/C14H16N2O3/c1-9(14(17)18)15-6-5-10-8-16-13-4-3-11(19-2)7-12(10)13/h3-4,7-8,16H,5-6H2,1-2H3,(H,17,18). The molecule has 0 bridgehead atoms. The number of carboxylic acids is 1. The number of hydrogen-bond acceptors (Lipinski definition) is 3. The number of aliphatic carboxylic acids is 1. The number of carbonyl (C=O) groups is 1. The van der Waals surface area contributed by atoms with Crippen molar-refractivity contribution < 1.29 is 14.6 Å². The van der Waals surface area contributed by atoms with Crippen molar-refractivity contribution in [3.05, 3.63) is 30.0 Å². The molecule has 1 heterocycles. The predicted molar refractivity (Wildman–Crippen MR) is 74.2 cm³/mol. The summed E-state index contributed by atoms with van der Waals surface area (Å²) in [7, 11) is 1.63. The van der Waals surface area contributed by atoms with Crippen LogP contribution in [0.2, 0.25) is 0 Å². The van der Waals surface area contributed by atoms with Gasteiger partial charge >= 0.3 is 5.97 Å². The van der Waals surface area contributed by atoms with Crippen molar-refractivity contribution in [2.75, 3.05) is 13.7 Å². The van der Waals surface area contributed by atoms with Gasteiger partial charge in [0.1, 0.15) is 11.5 Å². The number of fused-ring (bicyclic) bond motifs is 1. The van der Waals surface area contributed by atoms with Crippen molar-refractivity contribution in [3.63, 3.8) is 0 Å². The Hall–Kier alpha value is -2.30. The van der Waals surface area contributed by atoms with Crippen LogP contribution in [0.15, 0.2) is 29.4 Å². The van der Waals surface area contributed by atoms with E-state index in [-0.39, 0.29) is 5.71 Å². The van der Waals surface area contributed by atoms with Crippen LogP contribution in [0, 0.1) is 0 Å². The minimum absolute atomic E-state index is 0.137. The van der Waals surface area contributed by atoms with E-state index >= 15 is 0 Å². The van der Waals surface area contributed by atoms with Gasteiger partial charge in [0.15, 0.2) is 0 Å². The van der Waals surface area contributed by atoms with Gasteiger partial charge in [0, 0.05) is 23.6 Å². The Bertz CT molecular complexity index is 629. The Labute approximate surface area is 110 Å². The smallest absolute Gasteiger partial charge is 0.349 e. The summed E-state index contributed by atoms with van der Waals surface area (Å²) in [6.45, 7) is 1.96. The molecule has 2 N–H and O–H groups in total. The van der Waals surface area contributed by atoms with Crippen LogP contribution in [0.5, 0.6) is 5.75 Å². The van der Waals surface area contributed by atoms with Crippen molar-refractivity contribution >= 4 is 22.6 Å². The average Bonchev–Trinajstić information content (AvgIpc) is 2.81. The van der Waals surface area contributed by atoms with Crippen molar-refractivity contribution in [2.24, 2.45) is 4.99 Å². The summed E-state index contributed by atoms with van der Waals surface area (Å²) in [5, 5.41) is 9.81. The quantitative estimate of drug-likeness (QED) is 0.810. The number of benzene rings is 1. The number of aromatic amines is 1. The molecule has 0 saturated carbocycles. The summed E-state index contributed by atoms with van der Waals surface area (Å²) in [4.78, 5) is 17.8. The summed E-state index contributed by atoms with van der Waals surface area (Å²) in [6, 6.07) is 5.83. The molecule has 0 saturated heterocycles. The zero-order valence-electron chi connectivity index (χ0n) is 10.9. The minimum atomic E-state index is -0.972. The predicted octanol–water partition coefficient (Wildman–Crippen LogP) is 2.26. The largest absolute Gasteiger partial charge is 0.497 e. The molecule has 2 aromatic rings. The summed E-state index contributed by atoms with van der Waals surface area (Å²) >= 11 is 0. The summed E-state index contributed by atoms with van der Waals surface area (Å²) in [5.41, 5.74) is 2.28. The molecule has 0 aliphatic carbocycles. The Morgan fingerprint density at radius 1 is 1.47 bits per heavy atom. The molecule has 5 heteroatoms. The SMILES string of the molecule is COc1ccc2[nH]cc(CCN=C(C)C(=O)O)c2c1. The molecule has 1 aromatic carbocycles. The number of hydrogen-bond donors (Lipinski definition) is 2.